The van der Waals surface area contributed by atoms with E-state index >= 15 is 0 Å². The normalized spacial score (nSPS) is 18.3. The lowest BCUT2D eigenvalue weighted by Crippen LogP contribution is -2.50. The van der Waals surface area contributed by atoms with Gasteiger partial charge in [0.2, 0.25) is 20.9 Å². The number of aromatic nitrogens is 3. The molecule has 3 heterocycles. The molecular formula is C23H29N5O4S2. The number of ether oxygens (including phenoxy) is 1. The number of para-hydroxylation sites is 1. The van der Waals surface area contributed by atoms with Crippen LogP contribution in [0.25, 0.3) is 15.3 Å². The highest BCUT2D eigenvalue weighted by atomic mass is 32.2. The summed E-state index contributed by atoms with van der Waals surface area (Å²) in [7, 11) is -3.31. The number of fused-ring (bicyclic) bond motifs is 1. The summed E-state index contributed by atoms with van der Waals surface area (Å²) in [6.07, 6.45) is 5.67. The van der Waals surface area contributed by atoms with Crippen LogP contribution in [-0.4, -0.2) is 65.0 Å². The fraction of sp³-hybridized carbons (Fsp3) is 0.522. The standard InChI is InChI=1S/C23H29N5O4S2/c1-16(2)34(30,31)27-13-11-26(12-14-27)19-15-24-28(22(29)21(19)32-17-7-3-4-8-17)23-25-18-9-5-6-10-20(18)33-23/h5-6,9-10,15-17H,3-4,7-8,11-14H2,1-2H3. The van der Waals surface area contributed by atoms with Gasteiger partial charge in [-0.1, -0.05) is 23.5 Å². The molecule has 0 radical (unpaired) electrons. The van der Waals surface area contributed by atoms with E-state index in [1.165, 1.54) is 20.3 Å². The van der Waals surface area contributed by atoms with Gasteiger partial charge in [-0.3, -0.25) is 4.79 Å². The molecule has 0 N–H and O–H groups in total. The molecule has 1 aliphatic carbocycles. The third-order valence-electron chi connectivity index (χ3n) is 6.50. The Balaban J connectivity index is 1.48. The molecule has 2 aliphatic rings. The van der Waals surface area contributed by atoms with Gasteiger partial charge in [-0.2, -0.15) is 14.1 Å². The van der Waals surface area contributed by atoms with Crippen molar-refractivity contribution in [2.75, 3.05) is 31.1 Å². The van der Waals surface area contributed by atoms with Crippen molar-refractivity contribution in [3.05, 3.63) is 40.8 Å². The Hall–Kier alpha value is -2.50. The predicted octanol–water partition coefficient (Wildman–Crippen LogP) is 3.02. The van der Waals surface area contributed by atoms with E-state index in [0.29, 0.717) is 37.0 Å². The average Bonchev–Trinajstić information content (AvgIpc) is 3.50. The molecule has 3 aromatic rings. The summed E-state index contributed by atoms with van der Waals surface area (Å²) in [4.78, 5) is 20.2. The number of hydrogen-bond acceptors (Lipinski definition) is 8. The molecule has 34 heavy (non-hydrogen) atoms. The van der Waals surface area contributed by atoms with Gasteiger partial charge in [0.25, 0.3) is 0 Å². The fourth-order valence-corrected chi connectivity index (χ4v) is 6.70. The monoisotopic (exact) mass is 503 g/mol. The number of rotatable bonds is 6. The number of thiazole rings is 1. The van der Waals surface area contributed by atoms with Gasteiger partial charge >= 0.3 is 5.56 Å². The Labute approximate surface area is 203 Å². The third kappa shape index (κ3) is 4.32. The predicted molar refractivity (Wildman–Crippen MR) is 134 cm³/mol. The minimum absolute atomic E-state index is 0.000255. The molecule has 2 fully saturated rings. The quantitative estimate of drug-likeness (QED) is 0.510. The van der Waals surface area contributed by atoms with Crippen LogP contribution in [-0.2, 0) is 10.0 Å². The van der Waals surface area contributed by atoms with Gasteiger partial charge in [-0.25, -0.2) is 13.4 Å². The molecule has 0 amide bonds. The van der Waals surface area contributed by atoms with Gasteiger partial charge in [-0.05, 0) is 51.7 Å². The van der Waals surface area contributed by atoms with Gasteiger partial charge in [0, 0.05) is 26.2 Å². The first-order chi connectivity index (χ1) is 16.3. The second-order valence-corrected chi connectivity index (χ2v) is 12.5. The zero-order chi connectivity index (χ0) is 23.9. The highest BCUT2D eigenvalue weighted by molar-refractivity contribution is 7.89. The van der Waals surface area contributed by atoms with Gasteiger partial charge in [0.1, 0.15) is 5.69 Å². The van der Waals surface area contributed by atoms with Crippen molar-refractivity contribution in [3.8, 4) is 10.9 Å². The molecule has 9 nitrogen and oxygen atoms in total. The van der Waals surface area contributed by atoms with Gasteiger partial charge in [0.05, 0.1) is 27.8 Å². The van der Waals surface area contributed by atoms with E-state index in [4.69, 9.17) is 4.74 Å². The average molecular weight is 504 g/mol. The molecule has 0 bridgehead atoms. The van der Waals surface area contributed by atoms with Crippen LogP contribution in [0, 0.1) is 0 Å². The first-order valence-corrected chi connectivity index (χ1v) is 14.1. The van der Waals surface area contributed by atoms with Crippen LogP contribution in [0.3, 0.4) is 0 Å². The molecule has 0 spiro atoms. The number of anilines is 1. The lowest BCUT2D eigenvalue weighted by Gasteiger charge is -2.36. The molecule has 1 aliphatic heterocycles. The Morgan fingerprint density at radius 1 is 1.09 bits per heavy atom. The largest absolute Gasteiger partial charge is 0.483 e. The Morgan fingerprint density at radius 3 is 2.47 bits per heavy atom. The Morgan fingerprint density at radius 2 is 1.79 bits per heavy atom. The lowest BCUT2D eigenvalue weighted by atomic mass is 10.2. The van der Waals surface area contributed by atoms with E-state index in [9.17, 15) is 13.2 Å². The molecular weight excluding hydrogens is 474 g/mol. The number of piperazine rings is 1. The first kappa shape index (κ1) is 23.3. The molecule has 1 saturated carbocycles. The van der Waals surface area contributed by atoms with Crippen LogP contribution in [0.1, 0.15) is 39.5 Å². The van der Waals surface area contributed by atoms with Crippen LogP contribution < -0.4 is 15.2 Å². The van der Waals surface area contributed by atoms with E-state index in [1.54, 1.807) is 20.0 Å². The highest BCUT2D eigenvalue weighted by Gasteiger charge is 2.32. The van der Waals surface area contributed by atoms with Crippen LogP contribution in [0.5, 0.6) is 5.75 Å². The van der Waals surface area contributed by atoms with Crippen LogP contribution in [0.15, 0.2) is 35.3 Å². The van der Waals surface area contributed by atoms with Gasteiger partial charge in [0.15, 0.2) is 0 Å². The van der Waals surface area contributed by atoms with E-state index in [2.05, 4.69) is 10.1 Å². The van der Waals surface area contributed by atoms with Crippen LogP contribution in [0.2, 0.25) is 0 Å². The minimum atomic E-state index is -3.31. The molecule has 182 valence electrons. The van der Waals surface area contributed by atoms with E-state index < -0.39 is 15.3 Å². The summed E-state index contributed by atoms with van der Waals surface area (Å²) in [6, 6.07) is 7.74. The van der Waals surface area contributed by atoms with Crippen molar-refractivity contribution in [2.45, 2.75) is 50.9 Å². The van der Waals surface area contributed by atoms with Crippen LogP contribution >= 0.6 is 11.3 Å². The van der Waals surface area contributed by atoms with E-state index in [-0.39, 0.29) is 17.4 Å². The molecule has 1 saturated heterocycles. The van der Waals surface area contributed by atoms with E-state index in [0.717, 1.165) is 35.9 Å². The summed E-state index contributed by atoms with van der Waals surface area (Å²) < 4.78 is 35.3. The second kappa shape index (κ2) is 9.27. The molecule has 1 aromatic carbocycles. The zero-order valence-corrected chi connectivity index (χ0v) is 21.0. The Bertz CT molecular complexity index is 1300. The molecule has 5 rings (SSSR count). The molecule has 0 unspecified atom stereocenters. The number of benzene rings is 1. The van der Waals surface area contributed by atoms with E-state index in [1.807, 2.05) is 29.2 Å². The summed E-state index contributed by atoms with van der Waals surface area (Å²) in [6.45, 7) is 5.06. The van der Waals surface area contributed by atoms with Crippen molar-refractivity contribution < 1.29 is 13.2 Å². The third-order valence-corrected chi connectivity index (χ3v) is 9.79. The Kier molecular flexibility index (Phi) is 6.34. The second-order valence-electron chi connectivity index (χ2n) is 9.04. The summed E-state index contributed by atoms with van der Waals surface area (Å²) >= 11 is 1.41. The fourth-order valence-electron chi connectivity index (χ4n) is 4.51. The summed E-state index contributed by atoms with van der Waals surface area (Å²) in [5.41, 5.74) is 1.11. The summed E-state index contributed by atoms with van der Waals surface area (Å²) in [5, 5.41) is 4.49. The topological polar surface area (TPSA) is 97.6 Å². The van der Waals surface area contributed by atoms with Crippen LogP contribution in [0.4, 0.5) is 5.69 Å². The maximum absolute atomic E-state index is 13.6. The zero-order valence-electron chi connectivity index (χ0n) is 19.4. The number of nitrogens with zero attached hydrogens (tertiary/aromatic N) is 5. The highest BCUT2D eigenvalue weighted by Crippen LogP contribution is 2.31. The summed E-state index contributed by atoms with van der Waals surface area (Å²) in [5.74, 6) is 0.279. The van der Waals surface area contributed by atoms with Crippen molar-refractivity contribution >= 4 is 37.3 Å². The van der Waals surface area contributed by atoms with Gasteiger partial charge < -0.3 is 9.64 Å². The van der Waals surface area contributed by atoms with Crippen molar-refractivity contribution in [1.29, 1.82) is 0 Å². The van der Waals surface area contributed by atoms with Crippen molar-refractivity contribution in [2.24, 2.45) is 0 Å². The minimum Gasteiger partial charge on any atom is -0.483 e. The molecule has 0 atom stereocenters. The van der Waals surface area contributed by atoms with Crippen molar-refractivity contribution in [3.63, 3.8) is 0 Å². The smallest absolute Gasteiger partial charge is 0.318 e. The first-order valence-electron chi connectivity index (χ1n) is 11.7. The number of hydrogen-bond donors (Lipinski definition) is 0. The molecule has 11 heteroatoms. The van der Waals surface area contributed by atoms with Gasteiger partial charge in [-0.15, -0.1) is 0 Å². The number of sulfonamides is 1. The van der Waals surface area contributed by atoms with Crippen molar-refractivity contribution in [1.82, 2.24) is 19.1 Å². The SMILES string of the molecule is CC(C)S(=O)(=O)N1CCN(c2cnn(-c3nc4ccccc4s3)c(=O)c2OC2CCCC2)CC1. The molecule has 2 aromatic heterocycles. The maximum Gasteiger partial charge on any atom is 0.318 e. The maximum atomic E-state index is 13.6. The lowest BCUT2D eigenvalue weighted by molar-refractivity contribution is 0.205.